The van der Waals surface area contributed by atoms with Crippen molar-refractivity contribution in [2.75, 3.05) is 23.4 Å². The third kappa shape index (κ3) is 7.38. The maximum absolute atomic E-state index is 14.6. The number of nitro groups is 1. The Balaban J connectivity index is 1.57. The molecule has 4 amide bonds. The highest BCUT2D eigenvalue weighted by Crippen LogP contribution is 2.36. The largest absolute Gasteiger partial charge is 0.444 e. The first kappa shape index (κ1) is 34.6. The monoisotopic (exact) mass is 665 g/mol. The molecule has 0 saturated carbocycles. The van der Waals surface area contributed by atoms with Gasteiger partial charge in [0.1, 0.15) is 17.7 Å². The zero-order valence-electron chi connectivity index (χ0n) is 28.3. The van der Waals surface area contributed by atoms with Crippen molar-refractivity contribution in [2.24, 2.45) is 0 Å². The second-order valence-corrected chi connectivity index (χ2v) is 13.0. The van der Waals surface area contributed by atoms with E-state index in [1.54, 1.807) is 49.9 Å². The third-order valence-electron chi connectivity index (χ3n) is 8.51. The van der Waals surface area contributed by atoms with Gasteiger partial charge in [0.2, 0.25) is 5.91 Å². The molecule has 1 N–H and O–H groups in total. The van der Waals surface area contributed by atoms with Gasteiger partial charge in [0, 0.05) is 24.7 Å². The average Bonchev–Trinajstić information content (AvgIpc) is 3.18. The van der Waals surface area contributed by atoms with E-state index >= 15 is 0 Å². The second-order valence-electron chi connectivity index (χ2n) is 13.0. The molecule has 49 heavy (non-hydrogen) atoms. The molecule has 12 heteroatoms. The van der Waals surface area contributed by atoms with Crippen LogP contribution in [-0.4, -0.2) is 64.9 Å². The van der Waals surface area contributed by atoms with Crippen molar-refractivity contribution in [1.82, 2.24) is 10.2 Å². The maximum atomic E-state index is 14.6. The normalized spacial score (nSPS) is 15.2. The number of nitrogens with one attached hydrogen (secondary N) is 1. The fraction of sp³-hybridized carbons (Fsp3) is 0.297. The van der Waals surface area contributed by atoms with Crippen LogP contribution in [0.3, 0.4) is 0 Å². The summed E-state index contributed by atoms with van der Waals surface area (Å²) in [4.78, 5) is 70.1. The number of rotatable bonds is 7. The number of nitrogens with zero attached hydrogens (tertiary/aromatic N) is 4. The zero-order valence-corrected chi connectivity index (χ0v) is 28.3. The van der Waals surface area contributed by atoms with Gasteiger partial charge in [-0.05, 0) is 80.8 Å². The van der Waals surface area contributed by atoms with Gasteiger partial charge < -0.3 is 19.9 Å². The number of amides is 4. The fourth-order valence-electron chi connectivity index (χ4n) is 5.70. The number of aryl methyl sites for hydroxylation is 1. The molecule has 1 aliphatic heterocycles. The highest BCUT2D eigenvalue weighted by molar-refractivity contribution is 6.13. The zero-order chi connectivity index (χ0) is 35.6. The predicted molar refractivity (Wildman–Crippen MR) is 186 cm³/mol. The second kappa shape index (κ2) is 13.8. The summed E-state index contributed by atoms with van der Waals surface area (Å²) in [5.41, 5.74) is 1.93. The number of hydrogen-bond acceptors (Lipinski definition) is 7. The standard InChI is InChI=1S/C37H39N5O7/c1-23-15-16-25-11-7-8-12-28(25)29(23)21-40-31-13-9-10-14-32(31)41(34(44)26-17-19-27(20-18-26)42(47)48)22-30(35(40)45)38-33(43)24(2)39(6)36(46)49-37(3,4)5/h7-20,24,30H,21-22H2,1-6H3,(H,38,43)/t24-,30?/m0/s1. The third-order valence-corrected chi connectivity index (χ3v) is 8.51. The van der Waals surface area contributed by atoms with Gasteiger partial charge in [-0.3, -0.25) is 29.4 Å². The van der Waals surface area contributed by atoms with E-state index in [2.05, 4.69) is 5.32 Å². The lowest BCUT2D eigenvalue weighted by Crippen LogP contribution is -2.57. The molecule has 0 aliphatic carbocycles. The number of carbonyl (C=O) groups excluding carboxylic acids is 4. The van der Waals surface area contributed by atoms with E-state index in [4.69, 9.17) is 4.74 Å². The molecule has 1 unspecified atom stereocenters. The Labute approximate surface area is 284 Å². The number of benzene rings is 4. The molecule has 12 nitrogen and oxygen atoms in total. The minimum atomic E-state index is -1.23. The highest BCUT2D eigenvalue weighted by Gasteiger charge is 2.39. The minimum Gasteiger partial charge on any atom is -0.444 e. The molecule has 0 spiro atoms. The van der Waals surface area contributed by atoms with Crippen LogP contribution >= 0.6 is 0 Å². The van der Waals surface area contributed by atoms with Gasteiger partial charge >= 0.3 is 6.09 Å². The number of ether oxygens (including phenoxy) is 1. The first-order valence-electron chi connectivity index (χ1n) is 15.9. The number of nitro benzene ring substituents is 1. The smallest absolute Gasteiger partial charge is 0.410 e. The lowest BCUT2D eigenvalue weighted by Gasteiger charge is -2.30. The molecule has 4 aromatic rings. The van der Waals surface area contributed by atoms with Gasteiger partial charge in [-0.1, -0.05) is 48.5 Å². The summed E-state index contributed by atoms with van der Waals surface area (Å²) in [5.74, 6) is -1.60. The average molecular weight is 666 g/mol. The van der Waals surface area contributed by atoms with Crippen LogP contribution in [0.2, 0.25) is 0 Å². The Morgan fingerprint density at radius 3 is 2.27 bits per heavy atom. The first-order valence-corrected chi connectivity index (χ1v) is 15.9. The summed E-state index contributed by atoms with van der Waals surface area (Å²) in [6.07, 6.45) is -0.710. The number of para-hydroxylation sites is 2. The summed E-state index contributed by atoms with van der Waals surface area (Å²) in [7, 11) is 1.43. The molecule has 0 fully saturated rings. The molecule has 0 radical (unpaired) electrons. The maximum Gasteiger partial charge on any atom is 0.410 e. The molecule has 5 rings (SSSR count). The van der Waals surface area contributed by atoms with E-state index in [0.717, 1.165) is 26.8 Å². The van der Waals surface area contributed by atoms with Crippen molar-refractivity contribution in [3.05, 3.63) is 112 Å². The van der Waals surface area contributed by atoms with Crippen molar-refractivity contribution in [3.8, 4) is 0 Å². The summed E-state index contributed by atoms with van der Waals surface area (Å²) in [5, 5.41) is 16.0. The first-order chi connectivity index (χ1) is 23.2. The van der Waals surface area contributed by atoms with Gasteiger partial charge in [0.25, 0.3) is 17.5 Å². The van der Waals surface area contributed by atoms with Crippen LogP contribution in [0.25, 0.3) is 10.8 Å². The lowest BCUT2D eigenvalue weighted by atomic mass is 9.99. The topological polar surface area (TPSA) is 142 Å². The van der Waals surface area contributed by atoms with Crippen LogP contribution in [0, 0.1) is 17.0 Å². The molecule has 2 atom stereocenters. The van der Waals surface area contributed by atoms with Gasteiger partial charge in [-0.25, -0.2) is 4.79 Å². The number of carbonyl (C=O) groups is 4. The quantitative estimate of drug-likeness (QED) is 0.189. The molecule has 0 bridgehead atoms. The van der Waals surface area contributed by atoms with E-state index in [1.165, 1.54) is 43.1 Å². The lowest BCUT2D eigenvalue weighted by molar-refractivity contribution is -0.384. The van der Waals surface area contributed by atoms with Crippen LogP contribution in [0.15, 0.2) is 84.9 Å². The fourth-order valence-corrected chi connectivity index (χ4v) is 5.70. The minimum absolute atomic E-state index is 0.141. The van der Waals surface area contributed by atoms with Gasteiger partial charge in [0.15, 0.2) is 0 Å². The molecule has 1 heterocycles. The molecule has 254 valence electrons. The molecule has 1 aliphatic rings. The van der Waals surface area contributed by atoms with Crippen molar-refractivity contribution in [1.29, 1.82) is 0 Å². The highest BCUT2D eigenvalue weighted by atomic mass is 16.6. The Kier molecular flexibility index (Phi) is 9.70. The number of non-ortho nitro benzene ring substituents is 1. The summed E-state index contributed by atoms with van der Waals surface area (Å²) < 4.78 is 5.43. The predicted octanol–water partition coefficient (Wildman–Crippen LogP) is 5.99. The van der Waals surface area contributed by atoms with Crippen molar-refractivity contribution in [2.45, 2.75) is 58.8 Å². The van der Waals surface area contributed by atoms with E-state index in [1.807, 2.05) is 43.3 Å². The molecular formula is C37H39N5O7. The van der Waals surface area contributed by atoms with Gasteiger partial charge in [0.05, 0.1) is 29.4 Å². The number of fused-ring (bicyclic) bond motifs is 2. The van der Waals surface area contributed by atoms with Crippen LogP contribution in [0.1, 0.15) is 49.2 Å². The van der Waals surface area contributed by atoms with E-state index in [-0.39, 0.29) is 24.3 Å². The van der Waals surface area contributed by atoms with Gasteiger partial charge in [-0.15, -0.1) is 0 Å². The Bertz CT molecular complexity index is 1940. The molecular weight excluding hydrogens is 626 g/mol. The van der Waals surface area contributed by atoms with Crippen LogP contribution < -0.4 is 15.1 Å². The Morgan fingerprint density at radius 2 is 1.61 bits per heavy atom. The Hall–Kier alpha value is -5.78. The van der Waals surface area contributed by atoms with Crippen molar-refractivity contribution < 1.29 is 28.8 Å². The molecule has 0 aromatic heterocycles. The summed E-state index contributed by atoms with van der Waals surface area (Å²) >= 11 is 0. The molecule has 4 aromatic carbocycles. The van der Waals surface area contributed by atoms with Crippen molar-refractivity contribution >= 4 is 51.6 Å². The Morgan fingerprint density at radius 1 is 0.980 bits per heavy atom. The van der Waals surface area contributed by atoms with Crippen LogP contribution in [-0.2, 0) is 20.9 Å². The van der Waals surface area contributed by atoms with E-state index in [9.17, 15) is 29.3 Å². The van der Waals surface area contributed by atoms with E-state index in [0.29, 0.717) is 11.4 Å². The number of hydrogen-bond donors (Lipinski definition) is 1. The SMILES string of the molecule is Cc1ccc2ccccc2c1CN1C(=O)C(NC(=O)[C@H](C)N(C)C(=O)OC(C)(C)C)CN(C(=O)c2ccc([N+](=O)[O-])cc2)c2ccccc21. The van der Waals surface area contributed by atoms with E-state index < -0.39 is 46.4 Å². The summed E-state index contributed by atoms with van der Waals surface area (Å²) in [6, 6.07) is 21.8. The number of anilines is 2. The molecule has 0 saturated heterocycles. The number of likely N-dealkylation sites (N-methyl/N-ethyl adjacent to an activating group) is 1. The van der Waals surface area contributed by atoms with Gasteiger partial charge in [-0.2, -0.15) is 0 Å². The summed E-state index contributed by atoms with van der Waals surface area (Å²) in [6.45, 7) is 8.53. The van der Waals surface area contributed by atoms with Crippen molar-refractivity contribution in [3.63, 3.8) is 0 Å². The van der Waals surface area contributed by atoms with Crippen LogP contribution in [0.5, 0.6) is 0 Å². The van der Waals surface area contributed by atoms with Crippen LogP contribution in [0.4, 0.5) is 21.9 Å².